The predicted octanol–water partition coefficient (Wildman–Crippen LogP) is 4.60. The second kappa shape index (κ2) is 10.3. The van der Waals surface area contributed by atoms with Gasteiger partial charge in [0, 0.05) is 17.9 Å². The monoisotopic (exact) mass is 464 g/mol. The zero-order valence-electron chi connectivity index (χ0n) is 19.5. The van der Waals surface area contributed by atoms with Gasteiger partial charge in [-0.3, -0.25) is 9.59 Å². The van der Waals surface area contributed by atoms with E-state index in [1.807, 2.05) is 24.3 Å². The minimum absolute atomic E-state index is 0.0104. The lowest BCUT2D eigenvalue weighted by molar-refractivity contribution is -0.141. The standard InChI is InChI=1S/C27H32N2O5/c1-18(25(31)32)28-24(30)13-16-27(14-7-2-8-15-27)29-26(33)34-17-23-21-11-5-3-9-19(21)20-10-4-6-12-22(20)23/h3-6,9-12,18,23H,2,7-8,13-17H2,1H3,(H,28,30)(H,29,33)(H,31,32)/t18-/m1/s1. The summed E-state index contributed by atoms with van der Waals surface area (Å²) >= 11 is 0. The van der Waals surface area contributed by atoms with E-state index in [1.54, 1.807) is 0 Å². The van der Waals surface area contributed by atoms with Crippen molar-refractivity contribution >= 4 is 18.0 Å². The number of carbonyl (C=O) groups excluding carboxylic acids is 2. The van der Waals surface area contributed by atoms with Crippen molar-refractivity contribution in [2.24, 2.45) is 0 Å². The average molecular weight is 465 g/mol. The van der Waals surface area contributed by atoms with Gasteiger partial charge >= 0.3 is 12.1 Å². The van der Waals surface area contributed by atoms with Gasteiger partial charge in [-0.2, -0.15) is 0 Å². The molecule has 1 fully saturated rings. The topological polar surface area (TPSA) is 105 Å². The number of benzene rings is 2. The van der Waals surface area contributed by atoms with Crippen molar-refractivity contribution in [1.82, 2.24) is 10.6 Å². The normalized spacial score (nSPS) is 17.2. The van der Waals surface area contributed by atoms with Crippen molar-refractivity contribution in [1.29, 1.82) is 0 Å². The van der Waals surface area contributed by atoms with Crippen LogP contribution in [0.15, 0.2) is 48.5 Å². The Morgan fingerprint density at radius 3 is 2.18 bits per heavy atom. The molecule has 2 aliphatic carbocycles. The molecule has 2 aromatic carbocycles. The van der Waals surface area contributed by atoms with Crippen LogP contribution >= 0.6 is 0 Å². The van der Waals surface area contributed by atoms with Crippen LogP contribution in [0.25, 0.3) is 11.1 Å². The van der Waals surface area contributed by atoms with Crippen LogP contribution in [0, 0.1) is 0 Å². The largest absolute Gasteiger partial charge is 0.480 e. The van der Waals surface area contributed by atoms with Crippen LogP contribution in [0.1, 0.15) is 68.9 Å². The number of alkyl carbamates (subject to hydrolysis) is 1. The number of carboxylic acids is 1. The van der Waals surface area contributed by atoms with Crippen LogP contribution in [-0.2, 0) is 14.3 Å². The lowest BCUT2D eigenvalue weighted by Gasteiger charge is -2.38. The van der Waals surface area contributed by atoms with Crippen molar-refractivity contribution < 1.29 is 24.2 Å². The molecular weight excluding hydrogens is 432 g/mol. The molecule has 0 spiro atoms. The first-order valence-electron chi connectivity index (χ1n) is 12.0. The van der Waals surface area contributed by atoms with Crippen LogP contribution in [0.5, 0.6) is 0 Å². The molecule has 7 nitrogen and oxygen atoms in total. The predicted molar refractivity (Wildman–Crippen MR) is 128 cm³/mol. The molecule has 7 heteroatoms. The summed E-state index contributed by atoms with van der Waals surface area (Å²) in [5.41, 5.74) is 4.17. The van der Waals surface area contributed by atoms with Gasteiger partial charge in [-0.15, -0.1) is 0 Å². The van der Waals surface area contributed by atoms with Gasteiger partial charge in [-0.05, 0) is 48.4 Å². The fourth-order valence-corrected chi connectivity index (χ4v) is 5.25. The Morgan fingerprint density at radius 2 is 1.59 bits per heavy atom. The number of carbonyl (C=O) groups is 3. The fourth-order valence-electron chi connectivity index (χ4n) is 5.25. The molecule has 3 N–H and O–H groups in total. The zero-order chi connectivity index (χ0) is 24.1. The second-order valence-electron chi connectivity index (χ2n) is 9.42. The molecule has 180 valence electrons. The second-order valence-corrected chi connectivity index (χ2v) is 9.42. The summed E-state index contributed by atoms with van der Waals surface area (Å²) < 4.78 is 5.74. The van der Waals surface area contributed by atoms with Crippen molar-refractivity contribution in [3.63, 3.8) is 0 Å². The lowest BCUT2D eigenvalue weighted by Crippen LogP contribution is -2.51. The summed E-state index contributed by atoms with van der Waals surface area (Å²) in [5.74, 6) is -1.41. The van der Waals surface area contributed by atoms with E-state index in [-0.39, 0.29) is 24.9 Å². The first kappa shape index (κ1) is 23.8. The molecule has 0 unspecified atom stereocenters. The van der Waals surface area contributed by atoms with E-state index in [0.29, 0.717) is 6.42 Å². The molecule has 0 radical (unpaired) electrons. The maximum absolute atomic E-state index is 12.9. The van der Waals surface area contributed by atoms with E-state index >= 15 is 0 Å². The van der Waals surface area contributed by atoms with Crippen molar-refractivity contribution in [2.75, 3.05) is 6.61 Å². The highest BCUT2D eigenvalue weighted by Crippen LogP contribution is 2.44. The quantitative estimate of drug-likeness (QED) is 0.530. The van der Waals surface area contributed by atoms with Gasteiger partial charge in [0.25, 0.3) is 0 Å². The third-order valence-electron chi connectivity index (χ3n) is 7.10. The summed E-state index contributed by atoms with van der Waals surface area (Å²) in [4.78, 5) is 36.1. The lowest BCUT2D eigenvalue weighted by atomic mass is 9.78. The van der Waals surface area contributed by atoms with E-state index in [4.69, 9.17) is 9.84 Å². The van der Waals surface area contributed by atoms with Gasteiger partial charge in [0.05, 0.1) is 0 Å². The number of hydrogen-bond acceptors (Lipinski definition) is 4. The molecule has 2 amide bonds. The van der Waals surface area contributed by atoms with E-state index in [0.717, 1.165) is 43.2 Å². The molecule has 34 heavy (non-hydrogen) atoms. The summed E-state index contributed by atoms with van der Waals surface area (Å²) in [5, 5.41) is 14.6. The van der Waals surface area contributed by atoms with Gasteiger partial charge in [0.15, 0.2) is 0 Å². The molecule has 2 aromatic rings. The molecular formula is C27H32N2O5. The number of ether oxygens (including phenoxy) is 1. The summed E-state index contributed by atoms with van der Waals surface area (Å²) in [7, 11) is 0. The smallest absolute Gasteiger partial charge is 0.407 e. The summed E-state index contributed by atoms with van der Waals surface area (Å²) in [6.07, 6.45) is 4.72. The van der Waals surface area contributed by atoms with Crippen LogP contribution in [0.2, 0.25) is 0 Å². The van der Waals surface area contributed by atoms with Crippen LogP contribution in [0.3, 0.4) is 0 Å². The Hall–Kier alpha value is -3.35. The number of nitrogens with one attached hydrogen (secondary N) is 2. The third kappa shape index (κ3) is 5.24. The van der Waals surface area contributed by atoms with Crippen molar-refractivity contribution in [2.45, 2.75) is 69.4 Å². The van der Waals surface area contributed by atoms with Crippen LogP contribution in [-0.4, -0.2) is 41.3 Å². The zero-order valence-corrected chi connectivity index (χ0v) is 19.5. The fraction of sp³-hybridized carbons (Fsp3) is 0.444. The highest BCUT2D eigenvalue weighted by atomic mass is 16.5. The molecule has 0 aromatic heterocycles. The number of hydrogen-bond donors (Lipinski definition) is 3. The van der Waals surface area contributed by atoms with Crippen LogP contribution in [0.4, 0.5) is 4.79 Å². The average Bonchev–Trinajstić information content (AvgIpc) is 3.16. The van der Waals surface area contributed by atoms with Gasteiger partial charge in [0.2, 0.25) is 5.91 Å². The first-order chi connectivity index (χ1) is 16.4. The van der Waals surface area contributed by atoms with E-state index in [1.165, 1.54) is 18.1 Å². The van der Waals surface area contributed by atoms with Crippen LogP contribution < -0.4 is 10.6 Å². The molecule has 1 atom stereocenters. The maximum Gasteiger partial charge on any atom is 0.407 e. The Balaban J connectivity index is 1.38. The Labute approximate surface area is 199 Å². The number of rotatable bonds is 8. The molecule has 0 saturated heterocycles. The van der Waals surface area contributed by atoms with E-state index in [9.17, 15) is 14.4 Å². The SMILES string of the molecule is C[C@@H](NC(=O)CCC1(NC(=O)OCC2c3ccccc3-c3ccccc32)CCCCC1)C(=O)O. The molecule has 0 aliphatic heterocycles. The molecule has 0 bridgehead atoms. The molecule has 4 rings (SSSR count). The molecule has 2 aliphatic rings. The Bertz CT molecular complexity index is 1010. The Kier molecular flexibility index (Phi) is 7.20. The van der Waals surface area contributed by atoms with Gasteiger partial charge < -0.3 is 20.5 Å². The van der Waals surface area contributed by atoms with E-state index < -0.39 is 23.6 Å². The van der Waals surface area contributed by atoms with E-state index in [2.05, 4.69) is 34.9 Å². The van der Waals surface area contributed by atoms with Gasteiger partial charge in [-0.25, -0.2) is 4.79 Å². The summed E-state index contributed by atoms with van der Waals surface area (Å²) in [6, 6.07) is 15.5. The molecule has 1 saturated carbocycles. The number of amides is 2. The maximum atomic E-state index is 12.9. The van der Waals surface area contributed by atoms with Crippen molar-refractivity contribution in [3.05, 3.63) is 59.7 Å². The minimum Gasteiger partial charge on any atom is -0.480 e. The third-order valence-corrected chi connectivity index (χ3v) is 7.10. The Morgan fingerprint density at radius 1 is 1.00 bits per heavy atom. The van der Waals surface area contributed by atoms with Gasteiger partial charge in [0.1, 0.15) is 12.6 Å². The number of aliphatic carboxylic acids is 1. The van der Waals surface area contributed by atoms with Gasteiger partial charge in [-0.1, -0.05) is 67.8 Å². The minimum atomic E-state index is -1.07. The molecule has 0 heterocycles. The number of fused-ring (bicyclic) bond motifs is 3. The first-order valence-corrected chi connectivity index (χ1v) is 12.0. The number of carboxylic acid groups (broad SMARTS) is 1. The van der Waals surface area contributed by atoms with Crippen molar-refractivity contribution in [3.8, 4) is 11.1 Å². The summed E-state index contributed by atoms with van der Waals surface area (Å²) in [6.45, 7) is 1.68. The highest BCUT2D eigenvalue weighted by Gasteiger charge is 2.35. The highest BCUT2D eigenvalue weighted by molar-refractivity contribution is 5.83.